The van der Waals surface area contributed by atoms with E-state index in [0.29, 0.717) is 0 Å². The Morgan fingerprint density at radius 3 is 2.72 bits per heavy atom. The number of aliphatic hydroxyl groups is 1. The SMILES string of the molecule is O=C(/C=C/c1ccc(Cl)s1)NC1CCC(O)CC1. The summed E-state index contributed by atoms with van der Waals surface area (Å²) in [6.45, 7) is 0. The highest BCUT2D eigenvalue weighted by molar-refractivity contribution is 7.17. The fourth-order valence-corrected chi connectivity index (χ4v) is 3.01. The minimum Gasteiger partial charge on any atom is -0.393 e. The van der Waals surface area contributed by atoms with Crippen molar-refractivity contribution in [2.45, 2.75) is 37.8 Å². The van der Waals surface area contributed by atoms with E-state index in [1.165, 1.54) is 17.4 Å². The first-order chi connectivity index (χ1) is 8.63. The first kappa shape index (κ1) is 13.6. The lowest BCUT2D eigenvalue weighted by atomic mass is 9.93. The van der Waals surface area contributed by atoms with Crippen molar-refractivity contribution >= 4 is 34.9 Å². The lowest BCUT2D eigenvalue weighted by Crippen LogP contribution is -2.37. The van der Waals surface area contributed by atoms with Gasteiger partial charge in [-0.2, -0.15) is 0 Å². The van der Waals surface area contributed by atoms with Gasteiger partial charge in [-0.15, -0.1) is 11.3 Å². The van der Waals surface area contributed by atoms with Crippen molar-refractivity contribution in [3.63, 3.8) is 0 Å². The highest BCUT2D eigenvalue weighted by Crippen LogP contribution is 2.22. The van der Waals surface area contributed by atoms with Crippen LogP contribution in [0.25, 0.3) is 6.08 Å². The van der Waals surface area contributed by atoms with Gasteiger partial charge in [0.15, 0.2) is 0 Å². The molecule has 2 N–H and O–H groups in total. The average molecular weight is 286 g/mol. The van der Waals surface area contributed by atoms with Crippen LogP contribution >= 0.6 is 22.9 Å². The van der Waals surface area contributed by atoms with Gasteiger partial charge in [-0.05, 0) is 43.9 Å². The number of amides is 1. The molecule has 1 aliphatic carbocycles. The molecule has 0 spiro atoms. The van der Waals surface area contributed by atoms with E-state index in [4.69, 9.17) is 11.6 Å². The minimum absolute atomic E-state index is 0.0825. The predicted molar refractivity (Wildman–Crippen MR) is 74.8 cm³/mol. The molecular formula is C13H16ClNO2S. The average Bonchev–Trinajstić information content (AvgIpc) is 2.76. The molecular weight excluding hydrogens is 270 g/mol. The normalized spacial score (nSPS) is 24.3. The molecule has 0 saturated heterocycles. The fraction of sp³-hybridized carbons (Fsp3) is 0.462. The zero-order valence-electron chi connectivity index (χ0n) is 9.93. The second-order valence-corrected chi connectivity index (χ2v) is 6.24. The Morgan fingerprint density at radius 1 is 1.39 bits per heavy atom. The van der Waals surface area contributed by atoms with Crippen LogP contribution in [0.2, 0.25) is 4.34 Å². The summed E-state index contributed by atoms with van der Waals surface area (Å²) >= 11 is 7.25. The minimum atomic E-state index is -0.193. The lowest BCUT2D eigenvalue weighted by Gasteiger charge is -2.25. The first-order valence-electron chi connectivity index (χ1n) is 6.05. The Morgan fingerprint density at radius 2 is 2.11 bits per heavy atom. The van der Waals surface area contributed by atoms with E-state index < -0.39 is 0 Å². The van der Waals surface area contributed by atoms with Gasteiger partial charge in [0.25, 0.3) is 0 Å². The number of carbonyl (C=O) groups excluding carboxylic acids is 1. The van der Waals surface area contributed by atoms with Crippen LogP contribution in [0.3, 0.4) is 0 Å². The zero-order chi connectivity index (χ0) is 13.0. The van der Waals surface area contributed by atoms with E-state index in [1.54, 1.807) is 6.08 Å². The van der Waals surface area contributed by atoms with Crippen molar-refractivity contribution in [1.29, 1.82) is 0 Å². The van der Waals surface area contributed by atoms with Gasteiger partial charge in [0.1, 0.15) is 0 Å². The second kappa shape index (κ2) is 6.36. The summed E-state index contributed by atoms with van der Waals surface area (Å²) < 4.78 is 0.719. The van der Waals surface area contributed by atoms with Crippen molar-refractivity contribution in [3.8, 4) is 0 Å². The van der Waals surface area contributed by atoms with Crippen LogP contribution in [0, 0.1) is 0 Å². The fourth-order valence-electron chi connectivity index (χ4n) is 2.05. The Balaban J connectivity index is 1.80. The van der Waals surface area contributed by atoms with Crippen LogP contribution in [0.1, 0.15) is 30.6 Å². The van der Waals surface area contributed by atoms with Crippen LogP contribution in [-0.4, -0.2) is 23.2 Å². The van der Waals surface area contributed by atoms with Crippen molar-refractivity contribution in [2.75, 3.05) is 0 Å². The van der Waals surface area contributed by atoms with Gasteiger partial charge in [0.05, 0.1) is 10.4 Å². The molecule has 1 aromatic heterocycles. The number of hydrogen-bond donors (Lipinski definition) is 2. The van der Waals surface area contributed by atoms with Crippen molar-refractivity contribution < 1.29 is 9.90 Å². The lowest BCUT2D eigenvalue weighted by molar-refractivity contribution is -0.117. The number of nitrogens with one attached hydrogen (secondary N) is 1. The molecule has 1 aromatic rings. The highest BCUT2D eigenvalue weighted by atomic mass is 35.5. The van der Waals surface area contributed by atoms with Gasteiger partial charge < -0.3 is 10.4 Å². The molecule has 0 radical (unpaired) electrons. The number of rotatable bonds is 3. The molecule has 2 rings (SSSR count). The zero-order valence-corrected chi connectivity index (χ0v) is 11.5. The monoisotopic (exact) mass is 285 g/mol. The number of aliphatic hydroxyl groups excluding tert-OH is 1. The Hall–Kier alpha value is -0.840. The van der Waals surface area contributed by atoms with Gasteiger partial charge >= 0.3 is 0 Å². The first-order valence-corrected chi connectivity index (χ1v) is 7.25. The van der Waals surface area contributed by atoms with Gasteiger partial charge in [-0.1, -0.05) is 11.6 Å². The van der Waals surface area contributed by atoms with E-state index in [2.05, 4.69) is 5.32 Å². The van der Waals surface area contributed by atoms with Crippen LogP contribution in [-0.2, 0) is 4.79 Å². The topological polar surface area (TPSA) is 49.3 Å². The van der Waals surface area contributed by atoms with Crippen LogP contribution < -0.4 is 5.32 Å². The summed E-state index contributed by atoms with van der Waals surface area (Å²) in [4.78, 5) is 12.7. The summed E-state index contributed by atoms with van der Waals surface area (Å²) in [7, 11) is 0. The number of thiophene rings is 1. The summed E-state index contributed by atoms with van der Waals surface area (Å²) in [6, 6.07) is 3.89. The second-order valence-electron chi connectivity index (χ2n) is 4.49. The smallest absolute Gasteiger partial charge is 0.244 e. The van der Waals surface area contributed by atoms with Crippen molar-refractivity contribution in [3.05, 3.63) is 27.4 Å². The molecule has 0 aliphatic heterocycles. The molecule has 18 heavy (non-hydrogen) atoms. The maximum Gasteiger partial charge on any atom is 0.244 e. The molecule has 1 amide bonds. The third-order valence-corrected chi connectivity index (χ3v) is 4.23. The summed E-state index contributed by atoms with van der Waals surface area (Å²) in [5.41, 5.74) is 0. The molecule has 0 unspecified atom stereocenters. The van der Waals surface area contributed by atoms with Crippen molar-refractivity contribution in [1.82, 2.24) is 5.32 Å². The Bertz CT molecular complexity index is 436. The Kier molecular flexibility index (Phi) is 4.80. The van der Waals surface area contributed by atoms with E-state index in [9.17, 15) is 9.90 Å². The quantitative estimate of drug-likeness (QED) is 0.839. The van der Waals surface area contributed by atoms with Gasteiger partial charge in [-0.3, -0.25) is 4.79 Å². The number of carbonyl (C=O) groups is 1. The third-order valence-electron chi connectivity index (χ3n) is 3.04. The number of hydrogen-bond acceptors (Lipinski definition) is 3. The van der Waals surface area contributed by atoms with Crippen LogP contribution in [0.15, 0.2) is 18.2 Å². The van der Waals surface area contributed by atoms with E-state index in [0.717, 1.165) is 34.9 Å². The van der Waals surface area contributed by atoms with Gasteiger partial charge in [-0.25, -0.2) is 0 Å². The van der Waals surface area contributed by atoms with Crippen LogP contribution in [0.4, 0.5) is 0 Å². The molecule has 0 bridgehead atoms. The van der Waals surface area contributed by atoms with Gasteiger partial charge in [0, 0.05) is 17.0 Å². The maximum absolute atomic E-state index is 11.7. The third kappa shape index (κ3) is 4.12. The molecule has 1 aliphatic rings. The molecule has 5 heteroatoms. The van der Waals surface area contributed by atoms with E-state index in [1.807, 2.05) is 12.1 Å². The van der Waals surface area contributed by atoms with Crippen LogP contribution in [0.5, 0.6) is 0 Å². The summed E-state index contributed by atoms with van der Waals surface area (Å²) in [5, 5.41) is 12.3. The summed E-state index contributed by atoms with van der Waals surface area (Å²) in [5.74, 6) is -0.0825. The highest BCUT2D eigenvalue weighted by Gasteiger charge is 2.19. The van der Waals surface area contributed by atoms with E-state index in [-0.39, 0.29) is 18.1 Å². The maximum atomic E-state index is 11.7. The molecule has 1 fully saturated rings. The van der Waals surface area contributed by atoms with E-state index >= 15 is 0 Å². The number of halogens is 1. The molecule has 1 heterocycles. The summed E-state index contributed by atoms with van der Waals surface area (Å²) in [6.07, 6.45) is 6.36. The molecule has 1 saturated carbocycles. The Labute approximate surface area is 115 Å². The van der Waals surface area contributed by atoms with Gasteiger partial charge in [0.2, 0.25) is 5.91 Å². The molecule has 0 atom stereocenters. The molecule has 3 nitrogen and oxygen atoms in total. The molecule has 98 valence electrons. The predicted octanol–water partition coefficient (Wildman–Crippen LogP) is 2.83. The standard InChI is InChI=1S/C13H16ClNO2S/c14-12-7-5-11(18-12)6-8-13(17)15-9-1-3-10(16)4-2-9/h5-10,16H,1-4H2,(H,15,17)/b8-6+. The van der Waals surface area contributed by atoms with Crippen molar-refractivity contribution in [2.24, 2.45) is 0 Å². The largest absolute Gasteiger partial charge is 0.393 e. The molecule has 0 aromatic carbocycles.